The van der Waals surface area contributed by atoms with Gasteiger partial charge >= 0.3 is 10.1 Å². The van der Waals surface area contributed by atoms with Gasteiger partial charge in [0.05, 0.1) is 15.4 Å². The van der Waals surface area contributed by atoms with Gasteiger partial charge in [-0.05, 0) is 129 Å². The van der Waals surface area contributed by atoms with E-state index in [9.17, 15) is 38.9 Å². The normalized spacial score (nSPS) is 14.6. The molecule has 3 N–H and O–H groups in total. The first-order valence-corrected chi connectivity index (χ1v) is 20.3. The van der Waals surface area contributed by atoms with Crippen LogP contribution in [0.3, 0.4) is 0 Å². The minimum Gasteiger partial charge on any atom is -0.282 e. The van der Waals surface area contributed by atoms with Crippen molar-refractivity contribution in [3.8, 4) is 0 Å². The highest BCUT2D eigenvalue weighted by molar-refractivity contribution is 7.89. The highest BCUT2D eigenvalue weighted by Gasteiger charge is 2.36. The van der Waals surface area contributed by atoms with Crippen LogP contribution < -0.4 is 0 Å². The smallest absolute Gasteiger partial charge is 0.282 e. The molecule has 0 heterocycles. The summed E-state index contributed by atoms with van der Waals surface area (Å²) in [5.74, 6) is 0. The van der Waals surface area contributed by atoms with Crippen LogP contribution >= 0.6 is 0 Å². The number of hydrogen-bond donors (Lipinski definition) is 3. The topological polar surface area (TPSA) is 163 Å². The average molecular weight is 748 g/mol. The monoisotopic (exact) mass is 747 g/mol. The van der Waals surface area contributed by atoms with Crippen LogP contribution in [0.4, 0.5) is 0 Å². The van der Waals surface area contributed by atoms with E-state index < -0.39 is 35.6 Å². The van der Waals surface area contributed by atoms with Crippen LogP contribution in [-0.2, 0) is 43.2 Å². The second-order valence-corrected chi connectivity index (χ2v) is 17.1. The summed E-state index contributed by atoms with van der Waals surface area (Å²) in [6.45, 7) is 11.0. The van der Waals surface area contributed by atoms with Gasteiger partial charge in [-0.3, -0.25) is 13.7 Å². The third kappa shape index (κ3) is 8.12. The first-order chi connectivity index (χ1) is 23.7. The predicted octanol–water partition coefficient (Wildman–Crippen LogP) is 7.56. The van der Waals surface area contributed by atoms with Crippen molar-refractivity contribution in [2.75, 3.05) is 0 Å². The molecule has 9 nitrogen and oxygen atoms in total. The van der Waals surface area contributed by atoms with Crippen molar-refractivity contribution >= 4 is 35.9 Å². The quantitative estimate of drug-likeness (QED) is 0.116. The number of aryl methyl sites for hydroxylation is 5. The molecule has 5 rings (SSSR count). The van der Waals surface area contributed by atoms with Crippen LogP contribution in [0.2, 0.25) is 0 Å². The van der Waals surface area contributed by atoms with Crippen molar-refractivity contribution in [2.24, 2.45) is 0 Å². The molecule has 0 aromatic heterocycles. The zero-order valence-corrected chi connectivity index (χ0v) is 31.5. The van der Waals surface area contributed by atoms with E-state index in [1.165, 1.54) is 24.3 Å². The summed E-state index contributed by atoms with van der Waals surface area (Å²) in [7, 11) is -14.0. The Morgan fingerprint density at radius 1 is 0.627 bits per heavy atom. The third-order valence-electron chi connectivity index (χ3n) is 9.22. The third-order valence-corrected chi connectivity index (χ3v) is 12.2. The summed E-state index contributed by atoms with van der Waals surface area (Å²) in [5.41, 5.74) is 8.60. The van der Waals surface area contributed by atoms with Gasteiger partial charge in [-0.15, -0.1) is 0 Å². The molecule has 0 saturated carbocycles. The lowest BCUT2D eigenvalue weighted by molar-refractivity contribution is 0.479. The van der Waals surface area contributed by atoms with Crippen molar-refractivity contribution < 1.29 is 38.9 Å². The molecule has 4 aromatic rings. The standard InChI is InChI=1S/C39H38O9S3/c1-23-17-24(2)34(25(3)18-23)21-31-15-16-32(22-37(31)50(43,44)45)38(33-9-7-8-10-36(33)49(40,41)42)30-13-11-29(12-14-30)20-35-26(4)19-27(5)39(28(35)6)51(46,47)48/h7-19,22H,20-21H2,1-6H3,(H2-,40,41,42,43,44,45,46,47,48)/p+1. The largest absolute Gasteiger partial charge is 0.331 e. The van der Waals surface area contributed by atoms with E-state index >= 15 is 0 Å². The van der Waals surface area contributed by atoms with Gasteiger partial charge in [0.1, 0.15) is 5.57 Å². The molecule has 4 aromatic carbocycles. The van der Waals surface area contributed by atoms with E-state index in [-0.39, 0.29) is 32.9 Å². The Hall–Kier alpha value is -4.30. The van der Waals surface area contributed by atoms with Crippen molar-refractivity contribution in [3.63, 3.8) is 0 Å². The second kappa shape index (κ2) is 14.0. The van der Waals surface area contributed by atoms with Gasteiger partial charge in [-0.2, -0.15) is 25.3 Å². The van der Waals surface area contributed by atoms with Gasteiger partial charge in [0.2, 0.25) is 0 Å². The van der Waals surface area contributed by atoms with Crippen molar-refractivity contribution in [3.05, 3.63) is 163 Å². The highest BCUT2D eigenvalue weighted by Crippen LogP contribution is 2.39. The van der Waals surface area contributed by atoms with Crippen LogP contribution in [-0.4, -0.2) is 38.9 Å². The van der Waals surface area contributed by atoms with Crippen molar-refractivity contribution in [2.45, 2.75) is 64.2 Å². The summed E-state index contributed by atoms with van der Waals surface area (Å²) in [5, 5.41) is -0.392. The van der Waals surface area contributed by atoms with E-state index in [1.54, 1.807) is 62.4 Å². The molecule has 12 heteroatoms. The molecule has 0 fully saturated rings. The van der Waals surface area contributed by atoms with Crippen LogP contribution in [0.5, 0.6) is 0 Å². The summed E-state index contributed by atoms with van der Waals surface area (Å²) in [6.07, 6.45) is 6.33. The van der Waals surface area contributed by atoms with Crippen LogP contribution in [0.15, 0.2) is 100 Å². The molecule has 0 radical (unpaired) electrons. The number of allylic oxidation sites excluding steroid dienone is 3. The zero-order chi connectivity index (χ0) is 37.6. The molecule has 51 heavy (non-hydrogen) atoms. The molecule has 0 saturated heterocycles. The Morgan fingerprint density at radius 2 is 1.22 bits per heavy atom. The molecule has 0 spiro atoms. The van der Waals surface area contributed by atoms with E-state index in [2.05, 4.69) is 0 Å². The lowest BCUT2D eigenvalue weighted by Crippen LogP contribution is -2.15. The number of hydrogen-bond acceptors (Lipinski definition) is 6. The van der Waals surface area contributed by atoms with Gasteiger partial charge in [0.15, 0.2) is 5.25 Å². The van der Waals surface area contributed by atoms with Gasteiger partial charge in [-0.25, -0.2) is 0 Å². The van der Waals surface area contributed by atoms with Gasteiger partial charge in [0, 0.05) is 35.4 Å². The first-order valence-electron chi connectivity index (χ1n) is 15.9. The summed E-state index contributed by atoms with van der Waals surface area (Å²) >= 11 is 0. The number of rotatable bonds is 9. The SMILES string of the molecule is Cc1cc(C)c(Cc2ccc(C(=C3C=CC=C[C+]3S(=O)(=O)O)c3ccc(Cc4c(C)cc(C)c(S(=O)(=O)O)c4C)cc3)cc2S(=O)(=O)O)c(C)c1. The predicted molar refractivity (Wildman–Crippen MR) is 199 cm³/mol. The van der Waals surface area contributed by atoms with Gasteiger partial charge in [-0.1, -0.05) is 42.0 Å². The van der Waals surface area contributed by atoms with Crippen LogP contribution in [0.25, 0.3) is 5.57 Å². The highest BCUT2D eigenvalue weighted by atomic mass is 32.2. The Morgan fingerprint density at radius 3 is 1.78 bits per heavy atom. The van der Waals surface area contributed by atoms with E-state index in [1.807, 2.05) is 39.8 Å². The minimum atomic E-state index is -4.75. The second-order valence-electron chi connectivity index (χ2n) is 13.0. The molecule has 1 aliphatic rings. The molecular formula is C39H39O9S3+. The molecule has 0 unspecified atom stereocenters. The van der Waals surface area contributed by atoms with Crippen molar-refractivity contribution in [1.29, 1.82) is 0 Å². The fourth-order valence-electron chi connectivity index (χ4n) is 7.02. The fraction of sp³-hybridized carbons (Fsp3) is 0.205. The molecule has 266 valence electrons. The van der Waals surface area contributed by atoms with E-state index in [0.29, 0.717) is 34.2 Å². The van der Waals surface area contributed by atoms with E-state index in [4.69, 9.17) is 0 Å². The molecule has 0 aliphatic heterocycles. The molecule has 0 amide bonds. The lowest BCUT2D eigenvalue weighted by Gasteiger charge is -2.17. The maximum atomic E-state index is 12.9. The maximum absolute atomic E-state index is 12.9. The molecule has 0 atom stereocenters. The average Bonchev–Trinajstić information content (AvgIpc) is 3.00. The minimum absolute atomic E-state index is 0.107. The van der Waals surface area contributed by atoms with Crippen molar-refractivity contribution in [1.82, 2.24) is 0 Å². The fourth-order valence-corrected chi connectivity index (χ4v) is 9.44. The molecule has 0 bridgehead atoms. The maximum Gasteiger partial charge on any atom is 0.331 e. The van der Waals surface area contributed by atoms with Gasteiger partial charge in [0.25, 0.3) is 20.2 Å². The Bertz CT molecular complexity index is 2470. The zero-order valence-electron chi connectivity index (χ0n) is 29.0. The first kappa shape index (κ1) is 37.9. The number of benzene rings is 4. The van der Waals surface area contributed by atoms with E-state index in [0.717, 1.165) is 33.4 Å². The Balaban J connectivity index is 1.67. The molecule has 1 aliphatic carbocycles. The van der Waals surface area contributed by atoms with Crippen LogP contribution in [0.1, 0.15) is 66.8 Å². The Labute approximate surface area is 300 Å². The summed E-state index contributed by atoms with van der Waals surface area (Å²) < 4.78 is 106. The summed E-state index contributed by atoms with van der Waals surface area (Å²) in [6, 6.07) is 17.2. The summed E-state index contributed by atoms with van der Waals surface area (Å²) in [4.78, 5) is -0.472. The Kier molecular flexibility index (Phi) is 10.4. The van der Waals surface area contributed by atoms with Gasteiger partial charge < -0.3 is 0 Å². The van der Waals surface area contributed by atoms with Crippen LogP contribution in [0, 0.1) is 46.8 Å². The lowest BCUT2D eigenvalue weighted by atomic mass is 9.87. The molecular weight excluding hydrogens is 709 g/mol.